The van der Waals surface area contributed by atoms with Crippen molar-refractivity contribution in [1.29, 1.82) is 0 Å². The third-order valence-electron chi connectivity index (χ3n) is 4.79. The van der Waals surface area contributed by atoms with E-state index in [2.05, 4.69) is 10.6 Å². The number of nitrogens with zero attached hydrogens (tertiary/aromatic N) is 1. The van der Waals surface area contributed by atoms with Gasteiger partial charge in [0, 0.05) is 12.2 Å². The summed E-state index contributed by atoms with van der Waals surface area (Å²) in [6.07, 6.45) is 0. The summed E-state index contributed by atoms with van der Waals surface area (Å²) in [5.41, 5.74) is 2.70. The maximum absolute atomic E-state index is 13.4. The van der Waals surface area contributed by atoms with Crippen molar-refractivity contribution in [2.24, 2.45) is 0 Å². The minimum absolute atomic E-state index is 0.253. The van der Waals surface area contributed by atoms with Gasteiger partial charge in [0.25, 0.3) is 5.91 Å². The van der Waals surface area contributed by atoms with E-state index in [0.717, 1.165) is 11.3 Å². The Balaban J connectivity index is 2.05. The van der Waals surface area contributed by atoms with Gasteiger partial charge in [-0.05, 0) is 55.9 Å². The fourth-order valence-electron chi connectivity index (χ4n) is 3.34. The summed E-state index contributed by atoms with van der Waals surface area (Å²) in [5.74, 6) is 0.327. The predicted octanol–water partition coefficient (Wildman–Crippen LogP) is 5.17. The number of anilines is 1. The molecule has 0 saturated carbocycles. The molecule has 5 nitrogen and oxygen atoms in total. The lowest BCUT2D eigenvalue weighted by molar-refractivity contribution is -0.113. The Bertz CT molecular complexity index is 994. The fraction of sp³-hybridized carbons (Fsp3) is 0.238. The molecular formula is C21H21Cl2N3O2S. The summed E-state index contributed by atoms with van der Waals surface area (Å²) >= 11 is 17.8. The first kappa shape index (κ1) is 21.4. The lowest BCUT2D eigenvalue weighted by atomic mass is 9.94. The molecule has 0 fully saturated rings. The molecule has 2 N–H and O–H groups in total. The first-order valence-corrected chi connectivity index (χ1v) is 10.2. The average molecular weight is 450 g/mol. The van der Waals surface area contributed by atoms with Crippen molar-refractivity contribution >= 4 is 52.1 Å². The number of thiocarbonyl (C=S) groups is 1. The van der Waals surface area contributed by atoms with Gasteiger partial charge in [-0.2, -0.15) is 0 Å². The number of methoxy groups -OCH3 is 1. The first-order chi connectivity index (χ1) is 13.9. The minimum atomic E-state index is -0.463. The molecule has 0 radical (unpaired) electrons. The smallest absolute Gasteiger partial charge is 0.255 e. The molecular weight excluding hydrogens is 429 g/mol. The van der Waals surface area contributed by atoms with Gasteiger partial charge in [-0.3, -0.25) is 4.79 Å². The van der Waals surface area contributed by atoms with Gasteiger partial charge < -0.3 is 20.3 Å². The van der Waals surface area contributed by atoms with E-state index in [0.29, 0.717) is 38.7 Å². The summed E-state index contributed by atoms with van der Waals surface area (Å²) in [4.78, 5) is 15.2. The lowest BCUT2D eigenvalue weighted by Gasteiger charge is -2.37. The van der Waals surface area contributed by atoms with Crippen LogP contribution in [-0.4, -0.2) is 29.6 Å². The molecule has 0 bridgehead atoms. The maximum atomic E-state index is 13.4. The Kier molecular flexibility index (Phi) is 6.67. The third kappa shape index (κ3) is 4.34. The van der Waals surface area contributed by atoms with Crippen molar-refractivity contribution in [3.05, 3.63) is 69.3 Å². The van der Waals surface area contributed by atoms with Gasteiger partial charge in [0.05, 0.1) is 34.5 Å². The second-order valence-electron chi connectivity index (χ2n) is 6.45. The van der Waals surface area contributed by atoms with Crippen LogP contribution in [0.2, 0.25) is 10.0 Å². The van der Waals surface area contributed by atoms with Crippen molar-refractivity contribution < 1.29 is 9.53 Å². The Morgan fingerprint density at radius 2 is 1.97 bits per heavy atom. The van der Waals surface area contributed by atoms with Crippen LogP contribution in [0.25, 0.3) is 0 Å². The van der Waals surface area contributed by atoms with Crippen LogP contribution in [-0.2, 0) is 4.79 Å². The molecule has 1 amide bonds. The molecule has 2 aromatic rings. The summed E-state index contributed by atoms with van der Waals surface area (Å²) in [6.45, 7) is 4.50. The fourth-order valence-corrected chi connectivity index (χ4v) is 4.03. The second kappa shape index (κ2) is 9.03. The summed E-state index contributed by atoms with van der Waals surface area (Å²) in [6, 6.07) is 12.1. The zero-order chi connectivity index (χ0) is 21.1. The highest BCUT2D eigenvalue weighted by Crippen LogP contribution is 2.35. The lowest BCUT2D eigenvalue weighted by Crippen LogP contribution is -2.48. The van der Waals surface area contributed by atoms with E-state index in [9.17, 15) is 4.79 Å². The van der Waals surface area contributed by atoms with Gasteiger partial charge in [-0.1, -0.05) is 41.4 Å². The molecule has 2 aromatic carbocycles. The minimum Gasteiger partial charge on any atom is -0.495 e. The molecule has 1 unspecified atom stereocenters. The molecule has 29 heavy (non-hydrogen) atoms. The largest absolute Gasteiger partial charge is 0.495 e. The van der Waals surface area contributed by atoms with E-state index in [-0.39, 0.29) is 5.91 Å². The molecule has 8 heteroatoms. The Labute approximate surface area is 185 Å². The zero-order valence-corrected chi connectivity index (χ0v) is 18.6. The second-order valence-corrected chi connectivity index (χ2v) is 7.65. The molecule has 0 saturated heterocycles. The molecule has 1 atom stereocenters. The SMILES string of the molecule is CCN1C(=S)NC(c2ccc(Cl)c(Cl)c2)C(C(=O)Nc2ccccc2OC)=C1C. The molecule has 1 aliphatic heterocycles. The number of nitrogens with one attached hydrogen (secondary N) is 2. The van der Waals surface area contributed by atoms with Crippen LogP contribution >= 0.6 is 35.4 Å². The molecule has 0 aliphatic carbocycles. The number of benzene rings is 2. The van der Waals surface area contributed by atoms with E-state index in [1.165, 1.54) is 0 Å². The highest BCUT2D eigenvalue weighted by Gasteiger charge is 2.33. The summed E-state index contributed by atoms with van der Waals surface area (Å²) < 4.78 is 5.35. The van der Waals surface area contributed by atoms with Gasteiger partial charge >= 0.3 is 0 Å². The molecule has 1 aliphatic rings. The standard InChI is InChI=1S/C21H21Cl2N3O2S/c1-4-26-12(2)18(20(27)24-16-7-5-6-8-17(16)28-3)19(25-21(26)29)13-9-10-14(22)15(23)11-13/h5-11,19H,4H2,1-3H3,(H,24,27)(H,25,29). The molecule has 152 valence electrons. The molecule has 0 aromatic heterocycles. The van der Waals surface area contributed by atoms with E-state index in [1.807, 2.05) is 36.9 Å². The maximum Gasteiger partial charge on any atom is 0.255 e. The number of hydrogen-bond donors (Lipinski definition) is 2. The number of rotatable bonds is 5. The van der Waals surface area contributed by atoms with Crippen molar-refractivity contribution in [2.75, 3.05) is 19.0 Å². The topological polar surface area (TPSA) is 53.6 Å². The van der Waals surface area contributed by atoms with Crippen LogP contribution in [0, 0.1) is 0 Å². The van der Waals surface area contributed by atoms with Crippen molar-refractivity contribution in [1.82, 2.24) is 10.2 Å². The monoisotopic (exact) mass is 449 g/mol. The normalized spacial score (nSPS) is 16.5. The van der Waals surface area contributed by atoms with Crippen molar-refractivity contribution in [3.8, 4) is 5.75 Å². The molecule has 3 rings (SSSR count). The van der Waals surface area contributed by atoms with Crippen LogP contribution in [0.4, 0.5) is 5.69 Å². The Morgan fingerprint density at radius 1 is 1.24 bits per heavy atom. The number of amides is 1. The number of ether oxygens (including phenoxy) is 1. The van der Waals surface area contributed by atoms with Crippen LogP contribution in [0.15, 0.2) is 53.7 Å². The van der Waals surface area contributed by atoms with E-state index in [4.69, 9.17) is 40.2 Å². The van der Waals surface area contributed by atoms with Gasteiger partial charge in [0.1, 0.15) is 5.75 Å². The third-order valence-corrected chi connectivity index (χ3v) is 5.87. The molecule has 1 heterocycles. The highest BCUT2D eigenvalue weighted by atomic mass is 35.5. The van der Waals surface area contributed by atoms with Crippen molar-refractivity contribution in [2.45, 2.75) is 19.9 Å². The quantitative estimate of drug-likeness (QED) is 0.616. The van der Waals surface area contributed by atoms with Crippen LogP contribution < -0.4 is 15.4 Å². The Hall–Kier alpha value is -2.28. The summed E-state index contributed by atoms with van der Waals surface area (Å²) in [7, 11) is 1.56. The van der Waals surface area contributed by atoms with Gasteiger partial charge in [-0.15, -0.1) is 0 Å². The number of halogens is 2. The van der Waals surface area contributed by atoms with Gasteiger partial charge in [0.15, 0.2) is 5.11 Å². The zero-order valence-electron chi connectivity index (χ0n) is 16.3. The van der Waals surface area contributed by atoms with Crippen LogP contribution in [0.5, 0.6) is 5.75 Å². The van der Waals surface area contributed by atoms with E-state index in [1.54, 1.807) is 31.4 Å². The van der Waals surface area contributed by atoms with E-state index >= 15 is 0 Å². The first-order valence-electron chi connectivity index (χ1n) is 9.05. The predicted molar refractivity (Wildman–Crippen MR) is 122 cm³/mol. The van der Waals surface area contributed by atoms with Crippen molar-refractivity contribution in [3.63, 3.8) is 0 Å². The summed E-state index contributed by atoms with van der Waals surface area (Å²) in [5, 5.41) is 7.63. The number of carbonyl (C=O) groups excluding carboxylic acids is 1. The Morgan fingerprint density at radius 3 is 2.62 bits per heavy atom. The number of para-hydroxylation sites is 2. The van der Waals surface area contributed by atoms with Gasteiger partial charge in [0.2, 0.25) is 0 Å². The van der Waals surface area contributed by atoms with Crippen LogP contribution in [0.1, 0.15) is 25.5 Å². The number of allylic oxidation sites excluding steroid dienone is 1. The number of carbonyl (C=O) groups is 1. The van der Waals surface area contributed by atoms with Crippen LogP contribution in [0.3, 0.4) is 0 Å². The van der Waals surface area contributed by atoms with Gasteiger partial charge in [-0.25, -0.2) is 0 Å². The molecule has 0 spiro atoms. The highest BCUT2D eigenvalue weighted by molar-refractivity contribution is 7.80. The average Bonchev–Trinajstić information content (AvgIpc) is 2.70. The number of hydrogen-bond acceptors (Lipinski definition) is 3. The van der Waals surface area contributed by atoms with E-state index < -0.39 is 6.04 Å².